The lowest BCUT2D eigenvalue weighted by atomic mass is 9.70. The van der Waals surface area contributed by atoms with Crippen LogP contribution < -0.4 is 0 Å². The lowest BCUT2D eigenvalue weighted by molar-refractivity contribution is -0.156. The number of likely N-dealkylation sites (tertiary alicyclic amines) is 1. The molecule has 8 nitrogen and oxygen atoms in total. The first kappa shape index (κ1) is 28.3. The summed E-state index contributed by atoms with van der Waals surface area (Å²) >= 11 is 3.69. The summed E-state index contributed by atoms with van der Waals surface area (Å²) < 4.78 is 12.2. The largest absolute Gasteiger partial charge is 0.465 e. The van der Waals surface area contributed by atoms with Gasteiger partial charge in [-0.25, -0.2) is 0 Å². The van der Waals surface area contributed by atoms with Crippen LogP contribution in [0.1, 0.15) is 64.7 Å². The monoisotopic (exact) mass is 580 g/mol. The molecular weight excluding hydrogens is 540 g/mol. The summed E-state index contributed by atoms with van der Waals surface area (Å²) in [4.78, 5) is 44.9. The Balaban J connectivity index is 1.65. The van der Waals surface area contributed by atoms with Gasteiger partial charge < -0.3 is 24.4 Å². The molecule has 37 heavy (non-hydrogen) atoms. The third-order valence-electron chi connectivity index (χ3n) is 8.64. The molecule has 3 saturated heterocycles. The van der Waals surface area contributed by atoms with Crippen molar-refractivity contribution in [1.82, 2.24) is 9.80 Å². The number of alkyl halides is 1. The fourth-order valence-electron chi connectivity index (χ4n) is 6.95. The molecular formula is C28H41BrN2O6. The summed E-state index contributed by atoms with van der Waals surface area (Å²) in [5.74, 6) is -2.54. The number of allylic oxidation sites excluding steroid dienone is 1. The second kappa shape index (κ2) is 12.0. The van der Waals surface area contributed by atoms with Crippen molar-refractivity contribution in [3.05, 3.63) is 25.3 Å². The molecule has 1 spiro atoms. The molecule has 1 aliphatic carbocycles. The van der Waals surface area contributed by atoms with Gasteiger partial charge in [0.25, 0.3) is 0 Å². The third kappa shape index (κ3) is 5.03. The Hall–Kier alpha value is -1.71. The zero-order chi connectivity index (χ0) is 26.7. The lowest BCUT2D eigenvalue weighted by Gasteiger charge is -2.42. The van der Waals surface area contributed by atoms with Gasteiger partial charge in [0.05, 0.1) is 37.2 Å². The maximum Gasteiger partial charge on any atom is 0.312 e. The number of esters is 1. The van der Waals surface area contributed by atoms with Crippen LogP contribution in [0.2, 0.25) is 0 Å². The maximum atomic E-state index is 14.4. The van der Waals surface area contributed by atoms with Crippen LogP contribution in [0.25, 0.3) is 0 Å². The first-order valence-electron chi connectivity index (χ1n) is 13.8. The van der Waals surface area contributed by atoms with E-state index >= 15 is 0 Å². The molecule has 4 rings (SSSR count). The van der Waals surface area contributed by atoms with Gasteiger partial charge in [-0.15, -0.1) is 13.2 Å². The molecule has 0 aromatic carbocycles. The van der Waals surface area contributed by atoms with Crippen LogP contribution in [0.4, 0.5) is 0 Å². The molecule has 2 bridgehead atoms. The van der Waals surface area contributed by atoms with E-state index in [2.05, 4.69) is 29.1 Å². The molecule has 0 radical (unpaired) electrons. The number of unbranched alkanes of at least 4 members (excludes halogenated alkanes) is 2. The molecule has 0 aromatic heterocycles. The molecule has 2 amide bonds. The topological polar surface area (TPSA) is 96.4 Å². The Kier molecular flexibility index (Phi) is 9.17. The Morgan fingerprint density at radius 1 is 1.27 bits per heavy atom. The van der Waals surface area contributed by atoms with Crippen LogP contribution >= 0.6 is 15.9 Å². The number of hydrogen-bond acceptors (Lipinski definition) is 6. The number of nitrogens with zero attached hydrogens (tertiary/aromatic N) is 2. The maximum absolute atomic E-state index is 14.4. The van der Waals surface area contributed by atoms with Crippen LogP contribution in [-0.4, -0.2) is 87.1 Å². The van der Waals surface area contributed by atoms with Gasteiger partial charge in [-0.3, -0.25) is 14.4 Å². The molecule has 206 valence electrons. The quantitative estimate of drug-likeness (QED) is 0.164. The highest BCUT2D eigenvalue weighted by atomic mass is 79.9. The number of amides is 2. The van der Waals surface area contributed by atoms with E-state index in [1.165, 1.54) is 4.90 Å². The average molecular weight is 582 g/mol. The smallest absolute Gasteiger partial charge is 0.312 e. The van der Waals surface area contributed by atoms with Crippen LogP contribution in [0.3, 0.4) is 0 Å². The fraction of sp³-hybridized carbons (Fsp3) is 0.750. The van der Waals surface area contributed by atoms with Crippen molar-refractivity contribution in [2.45, 2.75) is 99.4 Å². The summed E-state index contributed by atoms with van der Waals surface area (Å²) in [7, 11) is 0. The number of fused-ring (bicyclic) bond motifs is 1. The predicted octanol–water partition coefficient (Wildman–Crippen LogP) is 3.36. The zero-order valence-corrected chi connectivity index (χ0v) is 23.4. The molecule has 1 N–H and O–H groups in total. The zero-order valence-electron chi connectivity index (χ0n) is 21.9. The second-order valence-electron chi connectivity index (χ2n) is 11.0. The predicted molar refractivity (Wildman–Crippen MR) is 143 cm³/mol. The molecule has 9 heteroatoms. The van der Waals surface area contributed by atoms with E-state index in [4.69, 9.17) is 9.47 Å². The summed E-state index contributed by atoms with van der Waals surface area (Å²) in [6, 6.07) is -1.43. The van der Waals surface area contributed by atoms with E-state index in [-0.39, 0.29) is 35.9 Å². The Labute approximate surface area is 228 Å². The number of hydrogen-bond donors (Lipinski definition) is 1. The van der Waals surface area contributed by atoms with E-state index in [1.54, 1.807) is 13.0 Å². The van der Waals surface area contributed by atoms with Gasteiger partial charge in [-0.05, 0) is 45.4 Å². The Bertz CT molecular complexity index is 892. The summed E-state index contributed by atoms with van der Waals surface area (Å²) in [5.41, 5.74) is -1.14. The third-order valence-corrected chi connectivity index (χ3v) is 9.49. The Morgan fingerprint density at radius 3 is 2.65 bits per heavy atom. The van der Waals surface area contributed by atoms with Gasteiger partial charge >= 0.3 is 5.97 Å². The number of ether oxygens (including phenoxy) is 2. The fourth-order valence-corrected chi connectivity index (χ4v) is 7.89. The highest BCUT2D eigenvalue weighted by molar-refractivity contribution is 9.09. The molecule has 4 fully saturated rings. The first-order valence-corrected chi connectivity index (χ1v) is 14.7. The van der Waals surface area contributed by atoms with E-state index < -0.39 is 41.6 Å². The second-order valence-corrected chi connectivity index (χ2v) is 12.1. The van der Waals surface area contributed by atoms with Crippen molar-refractivity contribution in [2.24, 2.45) is 11.8 Å². The molecule has 1 saturated carbocycles. The van der Waals surface area contributed by atoms with Gasteiger partial charge in [-0.1, -0.05) is 47.3 Å². The van der Waals surface area contributed by atoms with E-state index in [0.717, 1.165) is 44.9 Å². The molecule has 3 aliphatic heterocycles. The first-order chi connectivity index (χ1) is 17.8. The molecule has 7 atom stereocenters. The minimum Gasteiger partial charge on any atom is -0.465 e. The minimum atomic E-state index is -1.14. The normalized spacial score (nSPS) is 33.8. The minimum absolute atomic E-state index is 0.0748. The van der Waals surface area contributed by atoms with Gasteiger partial charge in [-0.2, -0.15) is 0 Å². The highest BCUT2D eigenvalue weighted by Crippen LogP contribution is 2.60. The van der Waals surface area contributed by atoms with E-state index in [9.17, 15) is 19.5 Å². The van der Waals surface area contributed by atoms with Crippen molar-refractivity contribution < 1.29 is 29.0 Å². The number of aliphatic hydroxyl groups is 1. The van der Waals surface area contributed by atoms with Crippen LogP contribution in [0, 0.1) is 11.8 Å². The van der Waals surface area contributed by atoms with Crippen molar-refractivity contribution in [3.63, 3.8) is 0 Å². The SMILES string of the molecule is C=CCCCCOC(=O)[C@H]1[C@H]2C(=O)N([C@H](C)CO)C(C(=O)N(CC=C)C3CCCCC3)C23CC(Br)[C@@H]1O3. The molecule has 4 aliphatic rings. The number of halogens is 1. The number of aliphatic hydroxyl groups excluding tert-OH is 1. The highest BCUT2D eigenvalue weighted by Gasteiger charge is 2.77. The van der Waals surface area contributed by atoms with Crippen LogP contribution in [-0.2, 0) is 23.9 Å². The number of carbonyl (C=O) groups is 3. The van der Waals surface area contributed by atoms with E-state index in [0.29, 0.717) is 19.4 Å². The molecule has 0 aromatic rings. The standard InChI is InChI=1S/C28H41BrN2O6/c1-4-6-7-11-15-36-27(35)21-22-25(33)31(18(3)17-32)24(28(22)16-20(29)23(21)37-28)26(34)30(14-5-2)19-12-9-8-10-13-19/h4-5,18-24,32H,1-2,6-17H2,3H3/t18-,20?,21+,22+,23+,24?,28?/m1/s1. The van der Waals surface area contributed by atoms with Crippen molar-refractivity contribution in [3.8, 4) is 0 Å². The molecule has 3 unspecified atom stereocenters. The lowest BCUT2D eigenvalue weighted by Crippen LogP contribution is -2.60. The van der Waals surface area contributed by atoms with Crippen molar-refractivity contribution in [1.29, 1.82) is 0 Å². The summed E-state index contributed by atoms with van der Waals surface area (Å²) in [6.07, 6.45) is 11.0. The van der Waals surface area contributed by atoms with Crippen molar-refractivity contribution >= 4 is 33.7 Å². The Morgan fingerprint density at radius 2 is 2.00 bits per heavy atom. The summed E-state index contributed by atoms with van der Waals surface area (Å²) in [5, 5.41) is 10.1. The number of carbonyl (C=O) groups excluding carboxylic acids is 3. The number of rotatable bonds is 12. The van der Waals surface area contributed by atoms with Crippen LogP contribution in [0.5, 0.6) is 0 Å². The average Bonchev–Trinajstić information content (AvgIpc) is 3.50. The van der Waals surface area contributed by atoms with Gasteiger partial charge in [0.2, 0.25) is 11.8 Å². The molecule has 3 heterocycles. The van der Waals surface area contributed by atoms with Gasteiger partial charge in [0, 0.05) is 17.4 Å². The van der Waals surface area contributed by atoms with Crippen molar-refractivity contribution in [2.75, 3.05) is 19.8 Å². The van der Waals surface area contributed by atoms with Gasteiger partial charge in [0.1, 0.15) is 11.6 Å². The summed E-state index contributed by atoms with van der Waals surface area (Å²) in [6.45, 7) is 9.69. The van der Waals surface area contributed by atoms with Gasteiger partial charge in [0.15, 0.2) is 0 Å². The van der Waals surface area contributed by atoms with Crippen LogP contribution in [0.15, 0.2) is 25.3 Å². The van der Waals surface area contributed by atoms with E-state index in [1.807, 2.05) is 11.0 Å².